The van der Waals surface area contributed by atoms with Gasteiger partial charge in [-0.1, -0.05) is 178 Å². The summed E-state index contributed by atoms with van der Waals surface area (Å²) in [5.41, 5.74) is 19.3. The van der Waals surface area contributed by atoms with Crippen LogP contribution in [-0.2, 0) is 11.8 Å². The van der Waals surface area contributed by atoms with Gasteiger partial charge in [-0.15, -0.1) is 0 Å². The highest BCUT2D eigenvalue weighted by Crippen LogP contribution is 2.52. The Morgan fingerprint density at radius 3 is 1.91 bits per heavy atom. The molecule has 0 saturated carbocycles. The summed E-state index contributed by atoms with van der Waals surface area (Å²) in [6, 6.07) is 85.4. The molecule has 324 valence electrons. The normalized spacial score (nSPS) is 14.5. The summed E-state index contributed by atoms with van der Waals surface area (Å²) in [6.45, 7) is 4.73. The van der Waals surface area contributed by atoms with Gasteiger partial charge < -0.3 is 14.4 Å². The molecule has 11 aromatic rings. The predicted octanol–water partition coefficient (Wildman–Crippen LogP) is 17.7. The summed E-state index contributed by atoms with van der Waals surface area (Å²) < 4.78 is 2.56. The monoisotopic (exact) mass is 871 g/mol. The molecule has 0 radical (unpaired) electrons. The number of allylic oxidation sites excluding steroid dienone is 1. The van der Waals surface area contributed by atoms with E-state index in [-0.39, 0.29) is 11.5 Å². The van der Waals surface area contributed by atoms with Gasteiger partial charge in [0.25, 0.3) is 0 Å². The Bertz CT molecular complexity index is 3760. The second kappa shape index (κ2) is 15.9. The maximum Gasteiger partial charge on any atom is 0.0566 e. The largest absolute Gasteiger partial charge is 0.333 e. The van der Waals surface area contributed by atoms with Gasteiger partial charge in [0, 0.05) is 61.0 Å². The minimum Gasteiger partial charge on any atom is -0.333 e. The van der Waals surface area contributed by atoms with E-state index >= 15 is 0 Å². The molecule has 1 atom stereocenters. The highest BCUT2D eigenvalue weighted by molar-refractivity contribution is 6.10. The van der Waals surface area contributed by atoms with Gasteiger partial charge in [-0.25, -0.2) is 0 Å². The molecule has 0 fully saturated rings. The fraction of sp³-hybridized carbons (Fsp3) is 0.0769. The van der Waals surface area contributed by atoms with Gasteiger partial charge in [-0.3, -0.25) is 0 Å². The SMILES string of the molecule is CC1(C)c2ccccc2-c2ccc(N(c3ccccc3)c3cc(-c4ccc5c(c4)c4ccccc4n5C4C=Cc5ccccc5C4)cc(N(c4ccccc4)c4cccc5ccccc45)c3)cc21. The highest BCUT2D eigenvalue weighted by Gasteiger charge is 2.36. The van der Waals surface area contributed by atoms with Crippen LogP contribution in [0.1, 0.15) is 42.1 Å². The third-order valence-corrected chi connectivity index (χ3v) is 14.6. The molecule has 0 aliphatic heterocycles. The summed E-state index contributed by atoms with van der Waals surface area (Å²) in [5.74, 6) is 0. The first kappa shape index (κ1) is 39.9. The second-order valence-corrected chi connectivity index (χ2v) is 18.9. The number of fused-ring (bicyclic) bond motifs is 8. The number of hydrogen-bond acceptors (Lipinski definition) is 2. The maximum atomic E-state index is 2.56. The topological polar surface area (TPSA) is 11.4 Å². The number of nitrogens with zero attached hydrogens (tertiary/aromatic N) is 3. The number of rotatable bonds is 8. The van der Waals surface area contributed by atoms with Crippen molar-refractivity contribution < 1.29 is 0 Å². The Morgan fingerprint density at radius 1 is 0.426 bits per heavy atom. The quantitative estimate of drug-likeness (QED) is 0.151. The summed E-state index contributed by atoms with van der Waals surface area (Å²) in [4.78, 5) is 4.90. The van der Waals surface area contributed by atoms with Crippen molar-refractivity contribution in [3.63, 3.8) is 0 Å². The third kappa shape index (κ3) is 6.49. The molecule has 2 aliphatic carbocycles. The van der Waals surface area contributed by atoms with E-state index < -0.39 is 0 Å². The molecule has 1 heterocycles. The molecule has 10 aromatic carbocycles. The Balaban J connectivity index is 1.05. The van der Waals surface area contributed by atoms with Crippen LogP contribution in [0.25, 0.3) is 60.9 Å². The van der Waals surface area contributed by atoms with Gasteiger partial charge in [-0.05, 0) is 135 Å². The van der Waals surface area contributed by atoms with Crippen molar-refractivity contribution >= 4 is 72.8 Å². The van der Waals surface area contributed by atoms with Gasteiger partial charge in [0.05, 0.1) is 11.7 Å². The zero-order valence-electron chi connectivity index (χ0n) is 38.2. The fourth-order valence-electron chi connectivity index (χ4n) is 11.4. The van der Waals surface area contributed by atoms with E-state index in [9.17, 15) is 0 Å². The molecule has 0 N–H and O–H groups in total. The van der Waals surface area contributed by atoms with Crippen molar-refractivity contribution in [2.45, 2.75) is 31.7 Å². The van der Waals surface area contributed by atoms with E-state index in [4.69, 9.17) is 0 Å². The molecule has 68 heavy (non-hydrogen) atoms. The molecule has 13 rings (SSSR count). The lowest BCUT2D eigenvalue weighted by molar-refractivity contribution is 0.635. The molecule has 0 bridgehead atoms. The molecular formula is C65H49N3. The van der Waals surface area contributed by atoms with Gasteiger partial charge in [0.2, 0.25) is 0 Å². The molecule has 0 spiro atoms. The number of para-hydroxylation sites is 3. The highest BCUT2D eigenvalue weighted by atomic mass is 15.2. The van der Waals surface area contributed by atoms with Crippen molar-refractivity contribution in [2.75, 3.05) is 9.80 Å². The van der Waals surface area contributed by atoms with E-state index in [1.165, 1.54) is 66.0 Å². The van der Waals surface area contributed by atoms with E-state index in [1.54, 1.807) is 0 Å². The maximum absolute atomic E-state index is 2.56. The van der Waals surface area contributed by atoms with E-state index in [0.717, 1.165) is 51.7 Å². The van der Waals surface area contributed by atoms with Crippen molar-refractivity contribution in [1.29, 1.82) is 0 Å². The molecule has 0 saturated heterocycles. The summed E-state index contributed by atoms with van der Waals surface area (Å²) in [5, 5.41) is 4.92. The summed E-state index contributed by atoms with van der Waals surface area (Å²) in [6.07, 6.45) is 5.65. The number of anilines is 6. The molecule has 3 heteroatoms. The first-order valence-corrected chi connectivity index (χ1v) is 23.8. The Kier molecular flexibility index (Phi) is 9.33. The van der Waals surface area contributed by atoms with Crippen LogP contribution < -0.4 is 9.80 Å². The third-order valence-electron chi connectivity index (χ3n) is 14.6. The van der Waals surface area contributed by atoms with E-state index in [0.29, 0.717) is 0 Å². The lowest BCUT2D eigenvalue weighted by Gasteiger charge is -2.31. The van der Waals surface area contributed by atoms with Crippen molar-refractivity contribution in [3.8, 4) is 22.3 Å². The van der Waals surface area contributed by atoms with Crippen LogP contribution in [0, 0.1) is 0 Å². The van der Waals surface area contributed by atoms with Crippen molar-refractivity contribution in [2.24, 2.45) is 0 Å². The van der Waals surface area contributed by atoms with Crippen LogP contribution in [0.15, 0.2) is 237 Å². The fourth-order valence-corrected chi connectivity index (χ4v) is 11.4. The first-order chi connectivity index (χ1) is 33.5. The average Bonchev–Trinajstić information content (AvgIpc) is 3.84. The Hall–Kier alpha value is -8.40. The number of aromatic nitrogens is 1. The first-order valence-electron chi connectivity index (χ1n) is 23.8. The zero-order valence-corrected chi connectivity index (χ0v) is 38.2. The van der Waals surface area contributed by atoms with Crippen LogP contribution >= 0.6 is 0 Å². The molecule has 3 nitrogen and oxygen atoms in total. The van der Waals surface area contributed by atoms with Gasteiger partial charge in [0.15, 0.2) is 0 Å². The van der Waals surface area contributed by atoms with Crippen LogP contribution in [-0.4, -0.2) is 4.57 Å². The second-order valence-electron chi connectivity index (χ2n) is 18.9. The average molecular weight is 872 g/mol. The zero-order chi connectivity index (χ0) is 45.3. The lowest BCUT2D eigenvalue weighted by atomic mass is 9.82. The van der Waals surface area contributed by atoms with Crippen molar-refractivity contribution in [1.82, 2.24) is 4.57 Å². The standard InChI is InChI=1S/C65H49N3/c1-65(2)60-29-15-13-27-56(60)57-36-35-52(43-61(57)65)66(49-22-5-3-6-23-49)53-39-48(40-54(42-53)67(50-24-7-4-8-25-50)62-31-17-21-45-19-11-12-26-55(45)62)47-33-37-64-59(41-47)58-28-14-16-30-63(58)68(64)51-34-32-44-18-9-10-20-46(44)38-51/h3-37,39-43,51H,38H2,1-2H3. The van der Waals surface area contributed by atoms with Gasteiger partial charge >= 0.3 is 0 Å². The smallest absolute Gasteiger partial charge is 0.0566 e. The minimum atomic E-state index is -0.152. The predicted molar refractivity (Wildman–Crippen MR) is 288 cm³/mol. The van der Waals surface area contributed by atoms with Crippen LogP contribution in [0.3, 0.4) is 0 Å². The van der Waals surface area contributed by atoms with E-state index in [1.807, 2.05) is 0 Å². The molecule has 0 amide bonds. The molecular weight excluding hydrogens is 823 g/mol. The van der Waals surface area contributed by atoms with Crippen molar-refractivity contribution in [3.05, 3.63) is 259 Å². The summed E-state index contributed by atoms with van der Waals surface area (Å²) in [7, 11) is 0. The molecule has 1 unspecified atom stereocenters. The Morgan fingerprint density at radius 2 is 1.07 bits per heavy atom. The van der Waals surface area contributed by atoms with Crippen LogP contribution in [0.4, 0.5) is 34.1 Å². The van der Waals surface area contributed by atoms with E-state index in [2.05, 4.69) is 271 Å². The number of benzene rings is 10. The lowest BCUT2D eigenvalue weighted by Crippen LogP contribution is -2.17. The van der Waals surface area contributed by atoms with Crippen LogP contribution in [0.2, 0.25) is 0 Å². The molecule has 1 aromatic heterocycles. The Labute approximate surface area is 398 Å². The van der Waals surface area contributed by atoms with Crippen LogP contribution in [0.5, 0.6) is 0 Å². The summed E-state index contributed by atoms with van der Waals surface area (Å²) >= 11 is 0. The van der Waals surface area contributed by atoms with Gasteiger partial charge in [0.1, 0.15) is 0 Å². The van der Waals surface area contributed by atoms with Gasteiger partial charge in [-0.2, -0.15) is 0 Å². The number of hydrogen-bond donors (Lipinski definition) is 0. The molecule has 2 aliphatic rings. The minimum absolute atomic E-state index is 0.152.